The van der Waals surface area contributed by atoms with E-state index in [2.05, 4.69) is 10.3 Å². The molecule has 0 aliphatic carbocycles. The van der Waals surface area contributed by atoms with Crippen molar-refractivity contribution in [3.8, 4) is 0 Å². The van der Waals surface area contributed by atoms with Gasteiger partial charge in [-0.05, 0) is 44.3 Å². The number of fused-ring (bicyclic) bond motifs is 1. The second-order valence-corrected chi connectivity index (χ2v) is 5.03. The molecule has 0 atom stereocenters. The first-order valence-electron chi connectivity index (χ1n) is 5.82. The summed E-state index contributed by atoms with van der Waals surface area (Å²) < 4.78 is 2.49. The fraction of sp³-hybridized carbons (Fsp3) is 0.500. The Morgan fingerprint density at radius 3 is 3.06 bits per heavy atom. The summed E-state index contributed by atoms with van der Waals surface area (Å²) in [6, 6.07) is 0. The Bertz CT molecular complexity index is 558. The number of unbranched alkanes of at least 4 members (excludes halogenated alkanes) is 1. The Labute approximate surface area is 104 Å². The lowest BCUT2D eigenvalue weighted by Crippen LogP contribution is -2.20. The molecular weight excluding hydrogens is 234 g/mol. The molecule has 2 aromatic rings. The highest BCUT2D eigenvalue weighted by Crippen LogP contribution is 2.19. The molecule has 0 saturated heterocycles. The van der Waals surface area contributed by atoms with Crippen LogP contribution < -0.4 is 10.9 Å². The molecule has 1 N–H and O–H groups in total. The molecule has 0 aliphatic heterocycles. The first-order valence-corrected chi connectivity index (χ1v) is 6.70. The van der Waals surface area contributed by atoms with Crippen LogP contribution in [0.5, 0.6) is 0 Å². The quantitative estimate of drug-likeness (QED) is 0.824. The number of hydrogen-bond donors (Lipinski definition) is 1. The number of nitrogens with zero attached hydrogens (tertiary/aromatic N) is 2. The molecule has 0 unspecified atom stereocenters. The van der Waals surface area contributed by atoms with Crippen molar-refractivity contribution in [1.82, 2.24) is 14.9 Å². The van der Waals surface area contributed by atoms with Gasteiger partial charge in [0.25, 0.3) is 5.56 Å². The largest absolute Gasteiger partial charge is 0.320 e. The van der Waals surface area contributed by atoms with Crippen molar-refractivity contribution in [3.05, 3.63) is 27.6 Å². The predicted octanol–water partition coefficient (Wildman–Crippen LogP) is 1.77. The molecule has 0 amide bonds. The highest BCUT2D eigenvalue weighted by atomic mass is 32.1. The lowest BCUT2D eigenvalue weighted by molar-refractivity contribution is 0.575. The molecule has 2 heterocycles. The van der Waals surface area contributed by atoms with Crippen LogP contribution in [0.1, 0.15) is 18.4 Å². The zero-order chi connectivity index (χ0) is 12.3. The van der Waals surface area contributed by atoms with Crippen LogP contribution in [0.25, 0.3) is 10.2 Å². The molecule has 0 bridgehead atoms. The average molecular weight is 251 g/mol. The van der Waals surface area contributed by atoms with Crippen LogP contribution in [0.15, 0.2) is 16.5 Å². The van der Waals surface area contributed by atoms with Crippen LogP contribution in [0, 0.1) is 6.92 Å². The molecule has 0 aromatic carbocycles. The summed E-state index contributed by atoms with van der Waals surface area (Å²) in [7, 11) is 1.94. The van der Waals surface area contributed by atoms with E-state index >= 15 is 0 Å². The van der Waals surface area contributed by atoms with Gasteiger partial charge in [0.2, 0.25) is 0 Å². The van der Waals surface area contributed by atoms with E-state index in [0.717, 1.165) is 41.7 Å². The molecule has 0 aliphatic rings. The predicted molar refractivity (Wildman–Crippen MR) is 71.8 cm³/mol. The number of aryl methyl sites for hydroxylation is 2. The lowest BCUT2D eigenvalue weighted by atomic mass is 10.3. The van der Waals surface area contributed by atoms with E-state index in [0.29, 0.717) is 0 Å². The van der Waals surface area contributed by atoms with Gasteiger partial charge in [-0.15, -0.1) is 11.3 Å². The maximum Gasteiger partial charge on any atom is 0.271 e. The summed E-state index contributed by atoms with van der Waals surface area (Å²) in [6.45, 7) is 3.73. The van der Waals surface area contributed by atoms with Gasteiger partial charge in [-0.1, -0.05) is 0 Å². The van der Waals surface area contributed by atoms with Gasteiger partial charge in [0.05, 0.1) is 11.8 Å². The number of thiophene rings is 1. The van der Waals surface area contributed by atoms with E-state index < -0.39 is 0 Å². The van der Waals surface area contributed by atoms with Gasteiger partial charge in [0.1, 0.15) is 4.70 Å². The molecule has 5 heteroatoms. The molecule has 4 nitrogen and oxygen atoms in total. The highest BCUT2D eigenvalue weighted by molar-refractivity contribution is 7.17. The zero-order valence-corrected chi connectivity index (χ0v) is 11.0. The smallest absolute Gasteiger partial charge is 0.271 e. The van der Waals surface area contributed by atoms with Gasteiger partial charge in [0, 0.05) is 6.54 Å². The SMILES string of the molecule is CNCCCCn1cnc2c(C)csc2c1=O. The summed E-state index contributed by atoms with van der Waals surface area (Å²) in [5.41, 5.74) is 2.04. The van der Waals surface area contributed by atoms with Crippen LogP contribution in [-0.4, -0.2) is 23.1 Å². The average Bonchev–Trinajstić information content (AvgIpc) is 2.70. The summed E-state index contributed by atoms with van der Waals surface area (Å²) in [6.07, 6.45) is 3.74. The summed E-state index contributed by atoms with van der Waals surface area (Å²) in [4.78, 5) is 16.5. The Hall–Kier alpha value is -1.20. The van der Waals surface area contributed by atoms with Gasteiger partial charge in [-0.25, -0.2) is 4.98 Å². The standard InChI is InChI=1S/C12H17N3OS/c1-9-7-17-11-10(9)14-8-15(12(11)16)6-4-3-5-13-2/h7-8,13H,3-6H2,1-2H3. The van der Waals surface area contributed by atoms with E-state index in [4.69, 9.17) is 0 Å². The van der Waals surface area contributed by atoms with Crippen molar-refractivity contribution in [1.29, 1.82) is 0 Å². The van der Waals surface area contributed by atoms with Gasteiger partial charge in [0.15, 0.2) is 0 Å². The Balaban J connectivity index is 2.18. The van der Waals surface area contributed by atoms with E-state index in [1.165, 1.54) is 11.3 Å². The summed E-state index contributed by atoms with van der Waals surface area (Å²) in [5, 5.41) is 5.09. The highest BCUT2D eigenvalue weighted by Gasteiger charge is 2.07. The Kier molecular flexibility index (Phi) is 3.91. The molecule has 0 fully saturated rings. The van der Waals surface area contributed by atoms with Crippen molar-refractivity contribution < 1.29 is 0 Å². The van der Waals surface area contributed by atoms with E-state index in [1.54, 1.807) is 10.9 Å². The molecular formula is C12H17N3OS. The molecule has 2 rings (SSSR count). The fourth-order valence-corrected chi connectivity index (χ4v) is 2.75. The van der Waals surface area contributed by atoms with Crippen molar-refractivity contribution in [2.45, 2.75) is 26.3 Å². The first kappa shape index (κ1) is 12.3. The third-order valence-electron chi connectivity index (χ3n) is 2.80. The van der Waals surface area contributed by atoms with Crippen LogP contribution in [-0.2, 0) is 6.54 Å². The zero-order valence-electron chi connectivity index (χ0n) is 10.2. The van der Waals surface area contributed by atoms with Crippen LogP contribution in [0.2, 0.25) is 0 Å². The van der Waals surface area contributed by atoms with Crippen molar-refractivity contribution in [2.75, 3.05) is 13.6 Å². The van der Waals surface area contributed by atoms with Gasteiger partial charge >= 0.3 is 0 Å². The van der Waals surface area contributed by atoms with E-state index in [1.807, 2.05) is 19.4 Å². The van der Waals surface area contributed by atoms with Crippen LogP contribution >= 0.6 is 11.3 Å². The van der Waals surface area contributed by atoms with Crippen molar-refractivity contribution in [3.63, 3.8) is 0 Å². The topological polar surface area (TPSA) is 46.9 Å². The van der Waals surface area contributed by atoms with Crippen molar-refractivity contribution >= 4 is 21.6 Å². The van der Waals surface area contributed by atoms with Gasteiger partial charge < -0.3 is 5.32 Å². The summed E-state index contributed by atoms with van der Waals surface area (Å²) >= 11 is 1.49. The monoisotopic (exact) mass is 251 g/mol. The molecule has 0 spiro atoms. The molecule has 92 valence electrons. The number of nitrogens with one attached hydrogen (secondary N) is 1. The van der Waals surface area contributed by atoms with Crippen LogP contribution in [0.3, 0.4) is 0 Å². The third-order valence-corrected chi connectivity index (χ3v) is 3.87. The molecule has 0 saturated carbocycles. The van der Waals surface area contributed by atoms with Gasteiger partial charge in [-0.2, -0.15) is 0 Å². The first-order chi connectivity index (χ1) is 8.24. The number of aromatic nitrogens is 2. The minimum Gasteiger partial charge on any atom is -0.320 e. The van der Waals surface area contributed by atoms with E-state index in [-0.39, 0.29) is 5.56 Å². The second kappa shape index (κ2) is 5.42. The summed E-state index contributed by atoms with van der Waals surface area (Å²) in [5.74, 6) is 0. The molecule has 17 heavy (non-hydrogen) atoms. The molecule has 2 aromatic heterocycles. The maximum atomic E-state index is 12.1. The lowest BCUT2D eigenvalue weighted by Gasteiger charge is -2.04. The van der Waals surface area contributed by atoms with E-state index in [9.17, 15) is 4.79 Å². The minimum absolute atomic E-state index is 0.0950. The maximum absolute atomic E-state index is 12.1. The van der Waals surface area contributed by atoms with Crippen molar-refractivity contribution in [2.24, 2.45) is 0 Å². The second-order valence-electron chi connectivity index (χ2n) is 4.15. The Morgan fingerprint density at radius 2 is 2.29 bits per heavy atom. The number of hydrogen-bond acceptors (Lipinski definition) is 4. The van der Waals surface area contributed by atoms with Gasteiger partial charge in [-0.3, -0.25) is 9.36 Å². The fourth-order valence-electron chi connectivity index (χ4n) is 1.80. The molecule has 0 radical (unpaired) electrons. The number of rotatable bonds is 5. The third kappa shape index (κ3) is 2.56. The normalized spacial score (nSPS) is 11.2. The Morgan fingerprint density at radius 1 is 1.47 bits per heavy atom. The van der Waals surface area contributed by atoms with Crippen LogP contribution in [0.4, 0.5) is 0 Å². The minimum atomic E-state index is 0.0950.